The lowest BCUT2D eigenvalue weighted by Gasteiger charge is -2.43. The molecule has 0 aromatic heterocycles. The molecule has 0 bridgehead atoms. The molecule has 3 fully saturated rings. The van der Waals surface area contributed by atoms with Gasteiger partial charge in [-0.2, -0.15) is 0 Å². The van der Waals surface area contributed by atoms with Crippen LogP contribution in [0.5, 0.6) is 0 Å². The molecule has 1 saturated carbocycles. The second-order valence-electron chi connectivity index (χ2n) is 6.83. The fourth-order valence-corrected chi connectivity index (χ4v) is 4.19. The van der Waals surface area contributed by atoms with Crippen LogP contribution in [-0.2, 0) is 19.0 Å². The van der Waals surface area contributed by atoms with Gasteiger partial charge in [-0.15, -0.1) is 0 Å². The van der Waals surface area contributed by atoms with Crippen LogP contribution < -0.4 is 0 Å². The van der Waals surface area contributed by atoms with Gasteiger partial charge in [0.2, 0.25) is 0 Å². The average molecular weight is 311 g/mol. The third kappa shape index (κ3) is 3.81. The van der Waals surface area contributed by atoms with Crippen LogP contribution in [-0.4, -0.2) is 55.6 Å². The van der Waals surface area contributed by atoms with E-state index in [0.717, 1.165) is 52.0 Å². The third-order valence-corrected chi connectivity index (χ3v) is 5.47. The fourth-order valence-electron chi connectivity index (χ4n) is 4.19. The molecule has 0 atom stereocenters. The van der Waals surface area contributed by atoms with Crippen LogP contribution >= 0.6 is 0 Å². The Kier molecular flexibility index (Phi) is 5.37. The van der Waals surface area contributed by atoms with E-state index in [1.165, 1.54) is 12.8 Å². The second kappa shape index (κ2) is 7.28. The van der Waals surface area contributed by atoms with Gasteiger partial charge in [0.05, 0.1) is 19.8 Å². The molecular weight excluding hydrogens is 282 g/mol. The highest BCUT2D eigenvalue weighted by Crippen LogP contribution is 2.35. The zero-order valence-electron chi connectivity index (χ0n) is 13.7. The van der Waals surface area contributed by atoms with E-state index in [4.69, 9.17) is 14.2 Å². The largest absolute Gasteiger partial charge is 0.466 e. The number of ether oxygens (including phenoxy) is 3. The van der Waals surface area contributed by atoms with Crippen molar-refractivity contribution < 1.29 is 19.0 Å². The van der Waals surface area contributed by atoms with Crippen molar-refractivity contribution in [2.45, 2.75) is 63.7 Å². The highest BCUT2D eigenvalue weighted by atomic mass is 16.7. The first kappa shape index (κ1) is 16.2. The fraction of sp³-hybridized carbons (Fsp3) is 0.941. The first-order valence-corrected chi connectivity index (χ1v) is 8.88. The molecule has 2 heterocycles. The molecule has 22 heavy (non-hydrogen) atoms. The summed E-state index contributed by atoms with van der Waals surface area (Å²) >= 11 is 0. The Morgan fingerprint density at radius 2 is 1.77 bits per heavy atom. The Morgan fingerprint density at radius 3 is 2.36 bits per heavy atom. The van der Waals surface area contributed by atoms with Crippen molar-refractivity contribution in [3.05, 3.63) is 0 Å². The van der Waals surface area contributed by atoms with Gasteiger partial charge in [0, 0.05) is 38.4 Å². The van der Waals surface area contributed by atoms with Gasteiger partial charge in [-0.1, -0.05) is 0 Å². The van der Waals surface area contributed by atoms with Gasteiger partial charge < -0.3 is 14.2 Å². The highest BCUT2D eigenvalue weighted by molar-refractivity contribution is 5.69. The first-order chi connectivity index (χ1) is 10.7. The molecule has 2 saturated heterocycles. The van der Waals surface area contributed by atoms with Gasteiger partial charge in [-0.25, -0.2) is 0 Å². The van der Waals surface area contributed by atoms with Crippen molar-refractivity contribution in [2.75, 3.05) is 32.9 Å². The maximum atomic E-state index is 11.6. The highest BCUT2D eigenvalue weighted by Gasteiger charge is 2.41. The zero-order valence-corrected chi connectivity index (χ0v) is 13.7. The molecule has 1 aliphatic carbocycles. The number of carbonyl (C=O) groups is 1. The molecule has 126 valence electrons. The van der Waals surface area contributed by atoms with Crippen molar-refractivity contribution >= 4 is 5.97 Å². The quantitative estimate of drug-likeness (QED) is 0.746. The molecule has 0 aromatic carbocycles. The number of carbonyl (C=O) groups excluding carboxylic acids is 1. The van der Waals surface area contributed by atoms with Crippen LogP contribution in [0.1, 0.15) is 51.9 Å². The van der Waals surface area contributed by atoms with Gasteiger partial charge in [0.25, 0.3) is 0 Å². The molecule has 3 rings (SSSR count). The normalized spacial score (nSPS) is 32.2. The molecule has 0 N–H and O–H groups in total. The lowest BCUT2D eigenvalue weighted by molar-refractivity contribution is -0.188. The lowest BCUT2D eigenvalue weighted by Crippen LogP contribution is -2.49. The zero-order chi connectivity index (χ0) is 15.4. The summed E-state index contributed by atoms with van der Waals surface area (Å²) in [4.78, 5) is 14.2. The van der Waals surface area contributed by atoms with Crippen LogP contribution in [0.2, 0.25) is 0 Å². The van der Waals surface area contributed by atoms with E-state index in [2.05, 4.69) is 4.90 Å². The predicted octanol–water partition coefficient (Wildman–Crippen LogP) is 2.34. The second-order valence-corrected chi connectivity index (χ2v) is 6.83. The predicted molar refractivity (Wildman–Crippen MR) is 82.4 cm³/mol. The Bertz CT molecular complexity index is 363. The molecule has 5 nitrogen and oxygen atoms in total. The number of hydrogen-bond acceptors (Lipinski definition) is 5. The molecule has 0 amide bonds. The van der Waals surface area contributed by atoms with Crippen molar-refractivity contribution in [2.24, 2.45) is 5.92 Å². The minimum Gasteiger partial charge on any atom is -0.466 e. The van der Waals surface area contributed by atoms with Crippen LogP contribution in [0.25, 0.3) is 0 Å². The average Bonchev–Trinajstić information content (AvgIpc) is 2.97. The van der Waals surface area contributed by atoms with Crippen molar-refractivity contribution in [1.29, 1.82) is 0 Å². The Morgan fingerprint density at radius 1 is 1.14 bits per heavy atom. The molecular formula is C17H29NO4. The summed E-state index contributed by atoms with van der Waals surface area (Å²) in [7, 11) is 0. The number of esters is 1. The standard InChI is InChI=1S/C17H29NO4/c1-2-20-16(19)13-14-3-5-15(6-4-14)18-9-7-17(8-10-18)21-11-12-22-17/h14-15H,2-13H2,1H3. The molecule has 0 radical (unpaired) electrons. The molecule has 0 unspecified atom stereocenters. The molecule has 1 spiro atoms. The number of rotatable bonds is 4. The minimum absolute atomic E-state index is 0.0265. The van der Waals surface area contributed by atoms with Gasteiger partial charge >= 0.3 is 5.97 Å². The van der Waals surface area contributed by atoms with Crippen molar-refractivity contribution in [3.63, 3.8) is 0 Å². The number of nitrogens with zero attached hydrogens (tertiary/aromatic N) is 1. The summed E-state index contributed by atoms with van der Waals surface area (Å²) in [5.74, 6) is 0.228. The Balaban J connectivity index is 1.40. The van der Waals surface area contributed by atoms with E-state index in [9.17, 15) is 4.79 Å². The molecule has 3 aliphatic rings. The smallest absolute Gasteiger partial charge is 0.306 e. The number of piperidine rings is 1. The van der Waals surface area contributed by atoms with E-state index in [1.54, 1.807) is 0 Å². The summed E-state index contributed by atoms with van der Waals surface area (Å²) < 4.78 is 16.7. The van der Waals surface area contributed by atoms with Gasteiger partial charge in [-0.3, -0.25) is 9.69 Å². The first-order valence-electron chi connectivity index (χ1n) is 8.88. The van der Waals surface area contributed by atoms with Gasteiger partial charge in [0.1, 0.15) is 0 Å². The van der Waals surface area contributed by atoms with E-state index in [-0.39, 0.29) is 11.8 Å². The molecule has 0 aromatic rings. The summed E-state index contributed by atoms with van der Waals surface area (Å²) in [6.45, 7) is 6.02. The molecule has 5 heteroatoms. The van der Waals surface area contributed by atoms with E-state index < -0.39 is 0 Å². The van der Waals surface area contributed by atoms with Crippen molar-refractivity contribution in [1.82, 2.24) is 4.90 Å². The summed E-state index contributed by atoms with van der Waals surface area (Å²) in [6, 6.07) is 0.678. The van der Waals surface area contributed by atoms with Crippen LogP contribution in [0.4, 0.5) is 0 Å². The minimum atomic E-state index is -0.266. The van der Waals surface area contributed by atoms with Gasteiger partial charge in [-0.05, 0) is 38.5 Å². The van der Waals surface area contributed by atoms with E-state index in [0.29, 0.717) is 25.0 Å². The van der Waals surface area contributed by atoms with Crippen molar-refractivity contribution in [3.8, 4) is 0 Å². The maximum absolute atomic E-state index is 11.6. The van der Waals surface area contributed by atoms with Gasteiger partial charge in [0.15, 0.2) is 5.79 Å². The molecule has 2 aliphatic heterocycles. The number of likely N-dealkylation sites (tertiary alicyclic amines) is 1. The lowest BCUT2D eigenvalue weighted by atomic mass is 9.83. The summed E-state index contributed by atoms with van der Waals surface area (Å²) in [5.41, 5.74) is 0. The number of hydrogen-bond donors (Lipinski definition) is 0. The Hall–Kier alpha value is -0.650. The SMILES string of the molecule is CCOC(=O)CC1CCC(N2CCC3(CC2)OCCO3)CC1. The van der Waals surface area contributed by atoms with Crippen LogP contribution in [0, 0.1) is 5.92 Å². The monoisotopic (exact) mass is 311 g/mol. The maximum Gasteiger partial charge on any atom is 0.306 e. The Labute approximate surface area is 133 Å². The third-order valence-electron chi connectivity index (χ3n) is 5.47. The summed E-state index contributed by atoms with van der Waals surface area (Å²) in [6.07, 6.45) is 7.31. The summed E-state index contributed by atoms with van der Waals surface area (Å²) in [5, 5.41) is 0. The van der Waals surface area contributed by atoms with Crippen LogP contribution in [0.15, 0.2) is 0 Å². The van der Waals surface area contributed by atoms with Crippen LogP contribution in [0.3, 0.4) is 0 Å². The topological polar surface area (TPSA) is 48.0 Å². The van der Waals surface area contributed by atoms with E-state index in [1.807, 2.05) is 6.92 Å². The van der Waals surface area contributed by atoms with E-state index >= 15 is 0 Å².